The van der Waals surface area contributed by atoms with E-state index < -0.39 is 0 Å². The normalized spacial score (nSPS) is 21.6. The molecule has 1 heterocycles. The van der Waals surface area contributed by atoms with E-state index in [4.69, 9.17) is 0 Å². The van der Waals surface area contributed by atoms with Crippen LogP contribution in [-0.4, -0.2) is 41.8 Å². The van der Waals surface area contributed by atoms with Crippen molar-refractivity contribution in [3.8, 4) is 0 Å². The zero-order chi connectivity index (χ0) is 11.8. The summed E-state index contributed by atoms with van der Waals surface area (Å²) >= 11 is 0. The van der Waals surface area contributed by atoms with Crippen LogP contribution in [0.1, 0.15) is 45.4 Å². The number of urea groups is 1. The van der Waals surface area contributed by atoms with Crippen LogP contribution in [0.15, 0.2) is 0 Å². The van der Waals surface area contributed by atoms with Crippen molar-refractivity contribution in [1.82, 2.24) is 10.2 Å². The standard InChI is InChI=1S/C12H24N2O2/c1-2-3-8-13-12(16)14-9-6-4-5-7-11(14)10-15/h11,15H,2-10H2,1H3,(H,13,16). The lowest BCUT2D eigenvalue weighted by molar-refractivity contribution is 0.134. The molecule has 0 radical (unpaired) electrons. The van der Waals surface area contributed by atoms with E-state index in [0.29, 0.717) is 0 Å². The molecule has 1 aliphatic heterocycles. The second kappa shape index (κ2) is 7.49. The Morgan fingerprint density at radius 3 is 2.94 bits per heavy atom. The van der Waals surface area contributed by atoms with Crippen LogP contribution in [0.25, 0.3) is 0 Å². The van der Waals surface area contributed by atoms with E-state index in [1.165, 1.54) is 0 Å². The Balaban J connectivity index is 2.42. The number of carbonyl (C=O) groups excluding carboxylic acids is 1. The molecule has 1 aliphatic rings. The number of rotatable bonds is 4. The highest BCUT2D eigenvalue weighted by atomic mass is 16.3. The summed E-state index contributed by atoms with van der Waals surface area (Å²) in [6.45, 7) is 3.71. The molecule has 0 bridgehead atoms. The lowest BCUT2D eigenvalue weighted by Crippen LogP contribution is -2.47. The first-order valence-corrected chi connectivity index (χ1v) is 6.45. The lowest BCUT2D eigenvalue weighted by Gasteiger charge is -2.28. The van der Waals surface area contributed by atoms with Gasteiger partial charge in [0.1, 0.15) is 0 Å². The average Bonchev–Trinajstić information content (AvgIpc) is 2.54. The predicted octanol–water partition coefficient (Wildman–Crippen LogP) is 1.73. The Bertz CT molecular complexity index is 209. The van der Waals surface area contributed by atoms with Crippen molar-refractivity contribution >= 4 is 6.03 Å². The van der Waals surface area contributed by atoms with Gasteiger partial charge in [0, 0.05) is 13.1 Å². The van der Waals surface area contributed by atoms with E-state index in [-0.39, 0.29) is 18.7 Å². The van der Waals surface area contributed by atoms with Gasteiger partial charge >= 0.3 is 6.03 Å². The van der Waals surface area contributed by atoms with Gasteiger partial charge in [0.2, 0.25) is 0 Å². The molecule has 1 rings (SSSR count). The van der Waals surface area contributed by atoms with Gasteiger partial charge in [-0.05, 0) is 19.3 Å². The fourth-order valence-corrected chi connectivity index (χ4v) is 2.11. The zero-order valence-corrected chi connectivity index (χ0v) is 10.2. The zero-order valence-electron chi connectivity index (χ0n) is 10.2. The summed E-state index contributed by atoms with van der Waals surface area (Å²) in [6, 6.07) is 0.0125. The van der Waals surface area contributed by atoms with Gasteiger partial charge in [-0.3, -0.25) is 0 Å². The van der Waals surface area contributed by atoms with Crippen LogP contribution in [0.4, 0.5) is 4.79 Å². The number of hydrogen-bond acceptors (Lipinski definition) is 2. The molecule has 0 aliphatic carbocycles. The van der Waals surface area contributed by atoms with Gasteiger partial charge in [0.25, 0.3) is 0 Å². The Morgan fingerprint density at radius 2 is 2.25 bits per heavy atom. The quantitative estimate of drug-likeness (QED) is 0.720. The Labute approximate surface area is 98.0 Å². The van der Waals surface area contributed by atoms with Gasteiger partial charge in [-0.15, -0.1) is 0 Å². The van der Waals surface area contributed by atoms with Crippen LogP contribution >= 0.6 is 0 Å². The molecule has 0 aromatic carbocycles. The molecule has 2 N–H and O–H groups in total. The van der Waals surface area contributed by atoms with E-state index >= 15 is 0 Å². The topological polar surface area (TPSA) is 52.6 Å². The van der Waals surface area contributed by atoms with Crippen LogP contribution in [-0.2, 0) is 0 Å². The maximum absolute atomic E-state index is 11.9. The molecule has 2 amide bonds. The number of hydrogen-bond donors (Lipinski definition) is 2. The first-order valence-electron chi connectivity index (χ1n) is 6.45. The predicted molar refractivity (Wildman–Crippen MR) is 64.4 cm³/mol. The summed E-state index contributed by atoms with van der Waals surface area (Å²) in [4.78, 5) is 13.7. The number of likely N-dealkylation sites (tertiary alicyclic amines) is 1. The fraction of sp³-hybridized carbons (Fsp3) is 0.917. The summed E-state index contributed by atoms with van der Waals surface area (Å²) in [5, 5.41) is 12.2. The maximum atomic E-state index is 11.9. The molecule has 94 valence electrons. The molecule has 4 heteroatoms. The van der Waals surface area contributed by atoms with E-state index in [0.717, 1.165) is 51.6 Å². The monoisotopic (exact) mass is 228 g/mol. The first-order chi connectivity index (χ1) is 7.79. The van der Waals surface area contributed by atoms with Crippen LogP contribution in [0.5, 0.6) is 0 Å². The molecule has 4 nitrogen and oxygen atoms in total. The summed E-state index contributed by atoms with van der Waals surface area (Å²) in [5.74, 6) is 0. The first kappa shape index (κ1) is 13.3. The van der Waals surface area contributed by atoms with E-state index in [2.05, 4.69) is 12.2 Å². The molecule has 0 spiro atoms. The molecule has 1 atom stereocenters. The second-order valence-electron chi connectivity index (χ2n) is 4.46. The van der Waals surface area contributed by atoms with Crippen molar-refractivity contribution in [2.75, 3.05) is 19.7 Å². The van der Waals surface area contributed by atoms with Gasteiger partial charge in [-0.2, -0.15) is 0 Å². The van der Waals surface area contributed by atoms with Crippen molar-refractivity contribution in [2.45, 2.75) is 51.5 Å². The number of nitrogens with one attached hydrogen (secondary N) is 1. The average molecular weight is 228 g/mol. The largest absolute Gasteiger partial charge is 0.394 e. The van der Waals surface area contributed by atoms with Crippen LogP contribution in [0, 0.1) is 0 Å². The van der Waals surface area contributed by atoms with Gasteiger partial charge in [-0.1, -0.05) is 26.2 Å². The van der Waals surface area contributed by atoms with Crippen molar-refractivity contribution in [3.05, 3.63) is 0 Å². The Hall–Kier alpha value is -0.770. The minimum absolute atomic E-state index is 0.00519. The fourth-order valence-electron chi connectivity index (χ4n) is 2.11. The molecule has 1 saturated heterocycles. The number of amides is 2. The lowest BCUT2D eigenvalue weighted by atomic mass is 10.1. The summed E-state index contributed by atoms with van der Waals surface area (Å²) in [7, 11) is 0. The van der Waals surface area contributed by atoms with Crippen molar-refractivity contribution in [2.24, 2.45) is 0 Å². The molecule has 0 aromatic rings. The van der Waals surface area contributed by atoms with Gasteiger partial charge < -0.3 is 15.3 Å². The minimum atomic E-state index is -0.00519. The smallest absolute Gasteiger partial charge is 0.317 e. The summed E-state index contributed by atoms with van der Waals surface area (Å²) in [6.07, 6.45) is 6.36. The third-order valence-electron chi connectivity index (χ3n) is 3.16. The molecular weight excluding hydrogens is 204 g/mol. The maximum Gasteiger partial charge on any atom is 0.317 e. The third-order valence-corrected chi connectivity index (χ3v) is 3.16. The highest BCUT2D eigenvalue weighted by Gasteiger charge is 2.24. The number of unbranched alkanes of at least 4 members (excludes halogenated alkanes) is 1. The second-order valence-corrected chi connectivity index (χ2v) is 4.46. The van der Waals surface area contributed by atoms with E-state index in [9.17, 15) is 9.90 Å². The molecule has 1 unspecified atom stereocenters. The summed E-state index contributed by atoms with van der Waals surface area (Å²) < 4.78 is 0. The number of aliphatic hydroxyl groups is 1. The minimum Gasteiger partial charge on any atom is -0.394 e. The molecule has 1 fully saturated rings. The Kier molecular flexibility index (Phi) is 6.23. The van der Waals surface area contributed by atoms with Crippen molar-refractivity contribution in [3.63, 3.8) is 0 Å². The Morgan fingerprint density at radius 1 is 1.44 bits per heavy atom. The number of carbonyl (C=O) groups is 1. The summed E-state index contributed by atoms with van der Waals surface area (Å²) in [5.41, 5.74) is 0. The number of nitrogens with zero attached hydrogens (tertiary/aromatic N) is 1. The van der Waals surface area contributed by atoms with Gasteiger partial charge in [-0.25, -0.2) is 4.79 Å². The number of aliphatic hydroxyl groups excluding tert-OH is 1. The van der Waals surface area contributed by atoms with Crippen LogP contribution < -0.4 is 5.32 Å². The highest BCUT2D eigenvalue weighted by molar-refractivity contribution is 5.74. The van der Waals surface area contributed by atoms with E-state index in [1.807, 2.05) is 4.90 Å². The molecular formula is C12H24N2O2. The molecule has 0 saturated carbocycles. The third kappa shape index (κ3) is 4.00. The molecule has 0 aromatic heterocycles. The van der Waals surface area contributed by atoms with Crippen molar-refractivity contribution in [1.29, 1.82) is 0 Å². The van der Waals surface area contributed by atoms with Crippen LogP contribution in [0.3, 0.4) is 0 Å². The van der Waals surface area contributed by atoms with E-state index in [1.54, 1.807) is 0 Å². The van der Waals surface area contributed by atoms with Crippen molar-refractivity contribution < 1.29 is 9.90 Å². The van der Waals surface area contributed by atoms with Gasteiger partial charge in [0.05, 0.1) is 12.6 Å². The SMILES string of the molecule is CCCCNC(=O)N1CCCCCC1CO. The highest BCUT2D eigenvalue weighted by Crippen LogP contribution is 2.16. The van der Waals surface area contributed by atoms with Crippen LogP contribution in [0.2, 0.25) is 0 Å². The van der Waals surface area contributed by atoms with Gasteiger partial charge in [0.15, 0.2) is 0 Å². The molecule has 16 heavy (non-hydrogen) atoms.